The Morgan fingerprint density at radius 3 is 2.54 bits per heavy atom. The van der Waals surface area contributed by atoms with E-state index in [-0.39, 0.29) is 0 Å². The van der Waals surface area contributed by atoms with Crippen LogP contribution >= 0.6 is 11.6 Å². The molecule has 1 aliphatic carbocycles. The minimum absolute atomic E-state index is 0.322. The van der Waals surface area contributed by atoms with Gasteiger partial charge >= 0.3 is 0 Å². The van der Waals surface area contributed by atoms with Crippen molar-refractivity contribution in [2.24, 2.45) is 17.4 Å². The molecule has 0 amide bonds. The van der Waals surface area contributed by atoms with Gasteiger partial charge in [0.25, 0.3) is 0 Å². The van der Waals surface area contributed by atoms with Gasteiger partial charge in [-0.3, -0.25) is 0 Å². The highest BCUT2D eigenvalue weighted by atomic mass is 35.5. The van der Waals surface area contributed by atoms with E-state index < -0.39 is 0 Å². The molecule has 1 fully saturated rings. The van der Waals surface area contributed by atoms with Crippen LogP contribution in [0.25, 0.3) is 0 Å². The van der Waals surface area contributed by atoms with Crippen LogP contribution in [0.3, 0.4) is 0 Å². The van der Waals surface area contributed by atoms with Crippen molar-refractivity contribution in [2.45, 2.75) is 45.1 Å². The monoisotopic (exact) mass is 379 g/mol. The van der Waals surface area contributed by atoms with E-state index in [2.05, 4.69) is 5.32 Å². The fraction of sp³-hybridized carbons (Fsp3) is 0.500. The molecule has 26 heavy (non-hydrogen) atoms. The molecule has 0 heterocycles. The van der Waals surface area contributed by atoms with Crippen molar-refractivity contribution >= 4 is 11.6 Å². The third-order valence-corrected chi connectivity index (χ3v) is 5.09. The van der Waals surface area contributed by atoms with Crippen LogP contribution in [0, 0.1) is 5.92 Å². The number of methoxy groups -OCH3 is 2. The molecule has 0 bridgehead atoms. The Balaban J connectivity index is 2.00. The van der Waals surface area contributed by atoms with E-state index in [0.29, 0.717) is 23.4 Å². The lowest BCUT2D eigenvalue weighted by Gasteiger charge is -2.22. The van der Waals surface area contributed by atoms with Gasteiger partial charge in [0, 0.05) is 18.2 Å². The average molecular weight is 380 g/mol. The fourth-order valence-corrected chi connectivity index (χ4v) is 3.49. The zero-order valence-electron chi connectivity index (χ0n) is 15.7. The van der Waals surface area contributed by atoms with E-state index in [9.17, 15) is 0 Å². The van der Waals surface area contributed by atoms with Gasteiger partial charge in [0.2, 0.25) is 0 Å². The van der Waals surface area contributed by atoms with Gasteiger partial charge in [-0.1, -0.05) is 43.7 Å². The highest BCUT2D eigenvalue weighted by Crippen LogP contribution is 2.30. The van der Waals surface area contributed by atoms with E-state index in [0.717, 1.165) is 29.1 Å². The normalized spacial score (nSPS) is 16.8. The molecule has 1 aromatic rings. The van der Waals surface area contributed by atoms with Gasteiger partial charge in [0.15, 0.2) is 0 Å². The van der Waals surface area contributed by atoms with Gasteiger partial charge in [-0.05, 0) is 36.1 Å². The molecule has 0 unspecified atom stereocenters. The Morgan fingerprint density at radius 1 is 1.19 bits per heavy atom. The summed E-state index contributed by atoms with van der Waals surface area (Å²) in [6, 6.07) is 5.69. The summed E-state index contributed by atoms with van der Waals surface area (Å²) in [5.74, 6) is 2.68. The molecule has 5 nitrogen and oxygen atoms in total. The molecule has 0 radical (unpaired) electrons. The molecule has 0 aliphatic heterocycles. The first-order valence-corrected chi connectivity index (χ1v) is 9.47. The van der Waals surface area contributed by atoms with Crippen LogP contribution < -0.4 is 26.3 Å². The van der Waals surface area contributed by atoms with E-state index in [1.54, 1.807) is 14.2 Å². The van der Waals surface area contributed by atoms with Crippen molar-refractivity contribution < 1.29 is 9.47 Å². The first-order valence-electron chi connectivity index (χ1n) is 9.09. The molecule has 5 N–H and O–H groups in total. The van der Waals surface area contributed by atoms with E-state index in [4.69, 9.17) is 32.5 Å². The number of allylic oxidation sites excluding steroid dienone is 2. The second-order valence-corrected chi connectivity index (χ2v) is 7.12. The SMILES string of the molecule is COc1ccc(CN/C(N)=C/C(CC2CCCCC2)=C(\N)Cl)c(OC)c1. The van der Waals surface area contributed by atoms with Crippen LogP contribution in [0.15, 0.2) is 40.8 Å². The fourth-order valence-electron chi connectivity index (χ4n) is 3.36. The summed E-state index contributed by atoms with van der Waals surface area (Å²) in [6.07, 6.45) is 9.10. The molecule has 6 heteroatoms. The molecule has 1 aliphatic rings. The number of halogens is 1. The number of nitrogens with two attached hydrogens (primary N) is 2. The highest BCUT2D eigenvalue weighted by molar-refractivity contribution is 6.29. The lowest BCUT2D eigenvalue weighted by molar-refractivity contribution is 0.357. The number of ether oxygens (including phenoxy) is 2. The van der Waals surface area contributed by atoms with Crippen molar-refractivity contribution in [3.8, 4) is 11.5 Å². The average Bonchev–Trinajstić information content (AvgIpc) is 2.66. The zero-order chi connectivity index (χ0) is 18.9. The Labute approximate surface area is 161 Å². The van der Waals surface area contributed by atoms with Crippen LogP contribution in [0.1, 0.15) is 44.1 Å². The summed E-state index contributed by atoms with van der Waals surface area (Å²) in [5, 5.41) is 3.53. The topological polar surface area (TPSA) is 82.5 Å². The summed E-state index contributed by atoms with van der Waals surface area (Å²) in [7, 11) is 3.26. The van der Waals surface area contributed by atoms with Gasteiger partial charge in [0.1, 0.15) is 16.7 Å². The van der Waals surface area contributed by atoms with Crippen LogP contribution in [0.2, 0.25) is 0 Å². The Kier molecular flexibility index (Phi) is 7.98. The van der Waals surface area contributed by atoms with Gasteiger partial charge in [-0.15, -0.1) is 0 Å². The molecule has 2 rings (SSSR count). The van der Waals surface area contributed by atoms with Crippen molar-refractivity contribution in [1.82, 2.24) is 5.32 Å². The molecule has 144 valence electrons. The largest absolute Gasteiger partial charge is 0.497 e. The third kappa shape index (κ3) is 6.06. The molecule has 0 saturated heterocycles. The van der Waals surface area contributed by atoms with E-state index >= 15 is 0 Å². The molecular formula is C20H30ClN3O2. The van der Waals surface area contributed by atoms with Gasteiger partial charge in [-0.2, -0.15) is 0 Å². The first-order chi connectivity index (χ1) is 12.5. The van der Waals surface area contributed by atoms with Gasteiger partial charge in [0.05, 0.1) is 20.0 Å². The van der Waals surface area contributed by atoms with Crippen molar-refractivity contribution in [3.05, 3.63) is 46.4 Å². The predicted octanol–water partition coefficient (Wildman–Crippen LogP) is 3.97. The number of hydrogen-bond donors (Lipinski definition) is 3. The van der Waals surface area contributed by atoms with E-state index in [1.165, 1.54) is 32.1 Å². The lowest BCUT2D eigenvalue weighted by Crippen LogP contribution is -2.20. The van der Waals surface area contributed by atoms with Crippen LogP contribution in [0.5, 0.6) is 11.5 Å². The third-order valence-electron chi connectivity index (χ3n) is 4.85. The second kappa shape index (κ2) is 10.2. The minimum atomic E-state index is 0.322. The second-order valence-electron chi connectivity index (χ2n) is 6.71. The summed E-state index contributed by atoms with van der Waals surface area (Å²) >= 11 is 6.10. The molecule has 0 spiro atoms. The van der Waals surface area contributed by atoms with Crippen LogP contribution in [-0.2, 0) is 6.54 Å². The standard InChI is InChI=1S/C20H30ClN3O2/c1-25-17-9-8-15(18(12-17)26-2)13-24-19(22)11-16(20(21)23)10-14-6-4-3-5-7-14/h8-9,11-12,14,24H,3-7,10,13,22-23H2,1-2H3/b19-11+,20-16-. The summed E-state index contributed by atoms with van der Waals surface area (Å²) < 4.78 is 10.6. The number of rotatable bonds is 8. The number of benzene rings is 1. The molecule has 0 aromatic heterocycles. The number of nitrogens with one attached hydrogen (secondary N) is 1. The summed E-state index contributed by atoms with van der Waals surface area (Å²) in [5.41, 5.74) is 13.9. The van der Waals surface area contributed by atoms with Crippen LogP contribution in [-0.4, -0.2) is 14.2 Å². The molecule has 1 saturated carbocycles. The maximum absolute atomic E-state index is 6.15. The smallest absolute Gasteiger partial charge is 0.127 e. The minimum Gasteiger partial charge on any atom is -0.497 e. The maximum atomic E-state index is 6.15. The van der Waals surface area contributed by atoms with Crippen molar-refractivity contribution in [3.63, 3.8) is 0 Å². The van der Waals surface area contributed by atoms with Crippen molar-refractivity contribution in [2.75, 3.05) is 14.2 Å². The predicted molar refractivity (Wildman–Crippen MR) is 107 cm³/mol. The molecule has 0 atom stereocenters. The molecular weight excluding hydrogens is 350 g/mol. The Hall–Kier alpha value is -2.01. The zero-order valence-corrected chi connectivity index (χ0v) is 16.4. The van der Waals surface area contributed by atoms with Gasteiger partial charge < -0.3 is 26.3 Å². The lowest BCUT2D eigenvalue weighted by atomic mass is 9.85. The van der Waals surface area contributed by atoms with E-state index in [1.807, 2.05) is 24.3 Å². The summed E-state index contributed by atoms with van der Waals surface area (Å²) in [4.78, 5) is 0. The molecule has 1 aromatic carbocycles. The van der Waals surface area contributed by atoms with Gasteiger partial charge in [-0.25, -0.2) is 0 Å². The number of hydrogen-bond acceptors (Lipinski definition) is 5. The highest BCUT2D eigenvalue weighted by Gasteiger charge is 2.16. The maximum Gasteiger partial charge on any atom is 0.127 e. The Morgan fingerprint density at radius 2 is 1.92 bits per heavy atom. The quantitative estimate of drug-likeness (QED) is 0.470. The van der Waals surface area contributed by atoms with Crippen LogP contribution in [0.4, 0.5) is 0 Å². The summed E-state index contributed by atoms with van der Waals surface area (Å²) in [6.45, 7) is 0.536. The Bertz CT molecular complexity index is 648. The first kappa shape index (κ1) is 20.3. The van der Waals surface area contributed by atoms with Crippen molar-refractivity contribution in [1.29, 1.82) is 0 Å².